The molecule has 3 rings (SSSR count). The Hall–Kier alpha value is -2.11. The van der Waals surface area contributed by atoms with Crippen molar-refractivity contribution in [1.29, 1.82) is 0 Å². The van der Waals surface area contributed by atoms with Crippen molar-refractivity contribution in [1.82, 2.24) is 0 Å². The molecule has 0 saturated heterocycles. The van der Waals surface area contributed by atoms with Crippen molar-refractivity contribution in [3.05, 3.63) is 58.6 Å². The summed E-state index contributed by atoms with van der Waals surface area (Å²) in [5.41, 5.74) is -1.49. The topological polar surface area (TPSA) is 124 Å². The van der Waals surface area contributed by atoms with Gasteiger partial charge in [-0.3, -0.25) is 4.79 Å². The fourth-order valence-electron chi connectivity index (χ4n) is 3.91. The zero-order chi connectivity index (χ0) is 24.4. The second kappa shape index (κ2) is 10.0. The summed E-state index contributed by atoms with van der Waals surface area (Å²) in [6.07, 6.45) is -0.380. The lowest BCUT2D eigenvalue weighted by Gasteiger charge is -2.38. The number of aliphatic hydroxyl groups is 3. The molecule has 4 N–H and O–H groups in total. The van der Waals surface area contributed by atoms with Gasteiger partial charge in [-0.05, 0) is 61.9 Å². The first-order valence-electron chi connectivity index (χ1n) is 10.3. The van der Waals surface area contributed by atoms with Gasteiger partial charge in [-0.15, -0.1) is 0 Å². The van der Waals surface area contributed by atoms with E-state index in [9.17, 15) is 32.2 Å². The van der Waals surface area contributed by atoms with E-state index >= 15 is 0 Å². The summed E-state index contributed by atoms with van der Waals surface area (Å²) in [4.78, 5) is 12.3. The number of carbonyl (C=O) groups excluding carboxylic acids is 1. The van der Waals surface area contributed by atoms with Gasteiger partial charge in [0.1, 0.15) is 6.10 Å². The molecule has 0 aliphatic heterocycles. The first kappa shape index (κ1) is 25.5. The number of aliphatic hydroxyl groups excluding tert-OH is 2. The van der Waals surface area contributed by atoms with E-state index in [2.05, 4.69) is 5.32 Å². The quantitative estimate of drug-likeness (QED) is 0.460. The molecule has 1 aliphatic rings. The Balaban J connectivity index is 1.74. The number of halogens is 3. The number of rotatable bonds is 7. The second-order valence-corrected chi connectivity index (χ2v) is 10.7. The third kappa shape index (κ3) is 5.88. The van der Waals surface area contributed by atoms with E-state index in [0.717, 1.165) is 18.2 Å². The van der Waals surface area contributed by atoms with E-state index in [1.807, 2.05) is 0 Å². The molecule has 2 aromatic carbocycles. The predicted molar refractivity (Wildman–Crippen MR) is 118 cm³/mol. The molecule has 1 unspecified atom stereocenters. The molecule has 0 heterocycles. The molecule has 0 radical (unpaired) electrons. The first-order chi connectivity index (χ1) is 15.4. The van der Waals surface area contributed by atoms with Crippen molar-refractivity contribution in [3.8, 4) is 0 Å². The number of benzene rings is 2. The van der Waals surface area contributed by atoms with Crippen LogP contribution in [0.3, 0.4) is 0 Å². The van der Waals surface area contributed by atoms with Crippen molar-refractivity contribution in [3.63, 3.8) is 0 Å². The summed E-state index contributed by atoms with van der Waals surface area (Å²) in [5.74, 6) is -3.52. The van der Waals surface area contributed by atoms with Crippen molar-refractivity contribution in [2.75, 3.05) is 17.7 Å². The summed E-state index contributed by atoms with van der Waals surface area (Å²) in [7, 11) is -3.91. The van der Waals surface area contributed by atoms with Gasteiger partial charge in [-0.25, -0.2) is 17.2 Å². The molecule has 0 aromatic heterocycles. The lowest BCUT2D eigenvalue weighted by Crippen LogP contribution is -2.47. The normalized spacial score (nSPS) is 22.1. The Kier molecular flexibility index (Phi) is 7.75. The van der Waals surface area contributed by atoms with Crippen LogP contribution < -0.4 is 5.32 Å². The molecule has 1 fully saturated rings. The van der Waals surface area contributed by atoms with E-state index in [0.29, 0.717) is 12.8 Å². The molecule has 2 aromatic rings. The number of amides is 1. The standard InChI is InChI=1S/C22H24ClF2NO6S/c23-16-3-1-14(21(29)26-15-2-4-17(24)18(25)10-15)9-19(16)33(31,32)12-13-5-7-22(30,8-6-13)20(28)11-27/h1-4,9-10,13,20,27-28,30H,5-8,11-12H2,(H,26,29). The van der Waals surface area contributed by atoms with Crippen LogP contribution >= 0.6 is 11.6 Å². The first-order valence-corrected chi connectivity index (χ1v) is 12.3. The maximum atomic E-state index is 13.4. The SMILES string of the molecule is O=C(Nc1ccc(F)c(F)c1)c1ccc(Cl)c(S(=O)(=O)CC2CCC(O)(C(O)CO)CC2)c1. The molecule has 180 valence electrons. The highest BCUT2D eigenvalue weighted by Crippen LogP contribution is 2.36. The van der Waals surface area contributed by atoms with Crippen molar-refractivity contribution >= 4 is 33.0 Å². The van der Waals surface area contributed by atoms with Gasteiger partial charge < -0.3 is 20.6 Å². The summed E-state index contributed by atoms with van der Waals surface area (Å²) < 4.78 is 52.5. The Morgan fingerprint density at radius 3 is 2.42 bits per heavy atom. The van der Waals surface area contributed by atoms with Gasteiger partial charge in [0.05, 0.1) is 27.9 Å². The zero-order valence-corrected chi connectivity index (χ0v) is 19.0. The average Bonchev–Trinajstić information content (AvgIpc) is 2.77. The third-order valence-electron chi connectivity index (χ3n) is 5.93. The van der Waals surface area contributed by atoms with Crippen LogP contribution in [0.25, 0.3) is 0 Å². The minimum absolute atomic E-state index is 0.00184. The van der Waals surface area contributed by atoms with Crippen LogP contribution in [0, 0.1) is 17.6 Å². The highest BCUT2D eigenvalue weighted by molar-refractivity contribution is 7.91. The van der Waals surface area contributed by atoms with E-state index in [-0.39, 0.29) is 45.7 Å². The Morgan fingerprint density at radius 1 is 1.15 bits per heavy atom. The maximum absolute atomic E-state index is 13.4. The number of hydrogen-bond donors (Lipinski definition) is 4. The largest absolute Gasteiger partial charge is 0.394 e. The number of nitrogens with one attached hydrogen (secondary N) is 1. The molecular formula is C22H24ClF2NO6S. The Bertz CT molecular complexity index is 1140. The van der Waals surface area contributed by atoms with E-state index in [1.165, 1.54) is 18.2 Å². The lowest BCUT2D eigenvalue weighted by atomic mass is 9.76. The highest BCUT2D eigenvalue weighted by atomic mass is 35.5. The van der Waals surface area contributed by atoms with Gasteiger partial charge >= 0.3 is 0 Å². The molecule has 1 amide bonds. The molecular weight excluding hydrogens is 480 g/mol. The van der Waals surface area contributed by atoms with E-state index in [4.69, 9.17) is 16.7 Å². The monoisotopic (exact) mass is 503 g/mol. The second-order valence-electron chi connectivity index (χ2n) is 8.25. The Morgan fingerprint density at radius 2 is 1.82 bits per heavy atom. The minimum atomic E-state index is -3.91. The van der Waals surface area contributed by atoms with Gasteiger partial charge in [0.2, 0.25) is 0 Å². The molecule has 1 aliphatic carbocycles. The summed E-state index contributed by atoms with van der Waals surface area (Å²) in [6.45, 7) is -0.589. The smallest absolute Gasteiger partial charge is 0.255 e. The lowest BCUT2D eigenvalue weighted by molar-refractivity contribution is -0.118. The molecule has 1 atom stereocenters. The maximum Gasteiger partial charge on any atom is 0.255 e. The van der Waals surface area contributed by atoms with Crippen molar-refractivity contribution < 1.29 is 37.3 Å². The summed E-state index contributed by atoms with van der Waals surface area (Å²) >= 11 is 6.10. The van der Waals surface area contributed by atoms with Crippen molar-refractivity contribution in [2.45, 2.75) is 42.3 Å². The van der Waals surface area contributed by atoms with Gasteiger partial charge in [0.25, 0.3) is 5.91 Å². The molecule has 1 saturated carbocycles. The van der Waals surface area contributed by atoms with E-state index < -0.39 is 45.7 Å². The van der Waals surface area contributed by atoms with Gasteiger partial charge in [0, 0.05) is 17.3 Å². The van der Waals surface area contributed by atoms with Crippen LogP contribution in [-0.2, 0) is 9.84 Å². The fourth-order valence-corrected chi connectivity index (χ4v) is 6.18. The molecule has 11 heteroatoms. The van der Waals surface area contributed by atoms with Gasteiger partial charge in [-0.1, -0.05) is 11.6 Å². The number of sulfone groups is 1. The molecule has 33 heavy (non-hydrogen) atoms. The third-order valence-corrected chi connectivity index (χ3v) is 8.29. The Labute approximate surface area is 194 Å². The van der Waals surface area contributed by atoms with Crippen LogP contribution in [0.1, 0.15) is 36.0 Å². The summed E-state index contributed by atoms with van der Waals surface area (Å²) in [5, 5.41) is 31.6. The van der Waals surface area contributed by atoms with Gasteiger partial charge in [0.15, 0.2) is 21.5 Å². The minimum Gasteiger partial charge on any atom is -0.394 e. The summed E-state index contributed by atoms with van der Waals surface area (Å²) in [6, 6.07) is 6.54. The van der Waals surface area contributed by atoms with Gasteiger partial charge in [-0.2, -0.15) is 0 Å². The molecule has 0 spiro atoms. The van der Waals surface area contributed by atoms with Crippen LogP contribution in [0.4, 0.5) is 14.5 Å². The highest BCUT2D eigenvalue weighted by Gasteiger charge is 2.40. The van der Waals surface area contributed by atoms with Crippen LogP contribution in [-0.4, -0.2) is 53.7 Å². The predicted octanol–water partition coefficient (Wildman–Crippen LogP) is 2.92. The van der Waals surface area contributed by atoms with Crippen LogP contribution in [0.15, 0.2) is 41.3 Å². The van der Waals surface area contributed by atoms with Crippen LogP contribution in [0.5, 0.6) is 0 Å². The number of hydrogen-bond acceptors (Lipinski definition) is 6. The van der Waals surface area contributed by atoms with Crippen LogP contribution in [0.2, 0.25) is 5.02 Å². The van der Waals surface area contributed by atoms with Crippen molar-refractivity contribution in [2.24, 2.45) is 5.92 Å². The zero-order valence-electron chi connectivity index (χ0n) is 17.5. The number of carbonyl (C=O) groups is 1. The fraction of sp³-hybridized carbons (Fsp3) is 0.409. The molecule has 7 nitrogen and oxygen atoms in total. The molecule has 0 bridgehead atoms. The van der Waals surface area contributed by atoms with E-state index in [1.54, 1.807) is 0 Å². The average molecular weight is 504 g/mol. The number of anilines is 1.